The monoisotopic (exact) mass is 404 g/mol. The zero-order valence-electron chi connectivity index (χ0n) is 15.2. The molecule has 0 aliphatic carbocycles. The Morgan fingerprint density at radius 1 is 1.25 bits per heavy atom. The van der Waals surface area contributed by atoms with E-state index in [1.54, 1.807) is 30.3 Å². The number of allylic oxidation sites excluding steroid dienone is 1. The molecule has 2 aromatic rings. The number of rotatable bonds is 4. The lowest BCUT2D eigenvalue weighted by atomic mass is 9.94. The molecule has 1 heterocycles. The fourth-order valence-corrected chi connectivity index (χ4v) is 3.23. The van der Waals surface area contributed by atoms with Crippen molar-refractivity contribution >= 4 is 23.3 Å². The molecular formula is C20H18ClFN2O4. The van der Waals surface area contributed by atoms with Crippen LogP contribution in [0.25, 0.3) is 11.1 Å². The highest BCUT2D eigenvalue weighted by Crippen LogP contribution is 2.36. The molecule has 1 unspecified atom stereocenters. The zero-order chi connectivity index (χ0) is 20.3. The molecule has 28 heavy (non-hydrogen) atoms. The minimum Gasteiger partial charge on any atom is -0.496 e. The standard InChI is InChI=1S/C20H18ClFN2O4/c1-27-19-7-11(3-5-15(19)14-6-4-12(21)8-16(14)22)17-9-13(24-26)10-18(23-17)20(25)28-2/h3-8,10,17,23,26H,9H2,1-2H3. The van der Waals surface area contributed by atoms with Gasteiger partial charge in [0, 0.05) is 22.6 Å². The third-order valence-corrected chi connectivity index (χ3v) is 4.67. The molecule has 2 N–H and O–H groups in total. The van der Waals surface area contributed by atoms with Crippen LogP contribution in [0.3, 0.4) is 0 Å². The van der Waals surface area contributed by atoms with Crippen molar-refractivity contribution < 1.29 is 23.9 Å². The summed E-state index contributed by atoms with van der Waals surface area (Å²) in [5.74, 6) is -0.574. The Bertz CT molecular complexity index is 975. The quantitative estimate of drug-likeness (QED) is 0.456. The van der Waals surface area contributed by atoms with E-state index in [1.807, 2.05) is 0 Å². The Balaban J connectivity index is 1.98. The maximum absolute atomic E-state index is 14.3. The summed E-state index contributed by atoms with van der Waals surface area (Å²) < 4.78 is 24.5. The Hall–Kier alpha value is -3.06. The van der Waals surface area contributed by atoms with Crippen molar-refractivity contribution in [1.82, 2.24) is 5.32 Å². The number of hydrogen-bond acceptors (Lipinski definition) is 6. The third-order valence-electron chi connectivity index (χ3n) is 4.44. The van der Waals surface area contributed by atoms with Gasteiger partial charge in [-0.15, -0.1) is 0 Å². The number of oxime groups is 1. The van der Waals surface area contributed by atoms with Crippen LogP contribution >= 0.6 is 11.6 Å². The number of nitrogens with zero attached hydrogens (tertiary/aromatic N) is 1. The summed E-state index contributed by atoms with van der Waals surface area (Å²) in [4.78, 5) is 11.9. The van der Waals surface area contributed by atoms with Crippen LogP contribution in [0.5, 0.6) is 5.75 Å². The van der Waals surface area contributed by atoms with Gasteiger partial charge in [0.25, 0.3) is 0 Å². The highest BCUT2D eigenvalue weighted by Gasteiger charge is 2.25. The lowest BCUT2D eigenvalue weighted by Gasteiger charge is -2.26. The van der Waals surface area contributed by atoms with Crippen LogP contribution in [0.1, 0.15) is 18.0 Å². The van der Waals surface area contributed by atoms with Crippen molar-refractivity contribution in [2.75, 3.05) is 14.2 Å². The summed E-state index contributed by atoms with van der Waals surface area (Å²) >= 11 is 5.83. The summed E-state index contributed by atoms with van der Waals surface area (Å²) in [5, 5.41) is 15.7. The Morgan fingerprint density at radius 3 is 2.64 bits per heavy atom. The van der Waals surface area contributed by atoms with Crippen LogP contribution in [-0.4, -0.2) is 31.1 Å². The van der Waals surface area contributed by atoms with Crippen molar-refractivity contribution in [3.8, 4) is 16.9 Å². The van der Waals surface area contributed by atoms with Crippen LogP contribution < -0.4 is 10.1 Å². The fraction of sp³-hybridized carbons (Fsp3) is 0.200. The van der Waals surface area contributed by atoms with Crippen LogP contribution in [-0.2, 0) is 9.53 Å². The molecule has 1 atom stereocenters. The molecule has 0 saturated carbocycles. The van der Waals surface area contributed by atoms with Gasteiger partial charge in [-0.2, -0.15) is 0 Å². The largest absolute Gasteiger partial charge is 0.496 e. The number of esters is 1. The van der Waals surface area contributed by atoms with Gasteiger partial charge < -0.3 is 20.0 Å². The number of hydrogen-bond donors (Lipinski definition) is 2. The molecule has 0 radical (unpaired) electrons. The number of halogens is 2. The average Bonchev–Trinajstić information content (AvgIpc) is 2.72. The molecule has 8 heteroatoms. The second-order valence-electron chi connectivity index (χ2n) is 6.13. The number of ether oxygens (including phenoxy) is 2. The molecule has 146 valence electrons. The summed E-state index contributed by atoms with van der Waals surface area (Å²) in [7, 11) is 2.76. The molecule has 3 rings (SSSR count). The van der Waals surface area contributed by atoms with Gasteiger partial charge >= 0.3 is 5.97 Å². The van der Waals surface area contributed by atoms with Gasteiger partial charge in [-0.3, -0.25) is 0 Å². The minimum atomic E-state index is -0.572. The topological polar surface area (TPSA) is 80.2 Å². The summed E-state index contributed by atoms with van der Waals surface area (Å²) in [6.45, 7) is 0. The lowest BCUT2D eigenvalue weighted by Crippen LogP contribution is -2.32. The maximum Gasteiger partial charge on any atom is 0.354 e. The van der Waals surface area contributed by atoms with E-state index in [9.17, 15) is 9.18 Å². The highest BCUT2D eigenvalue weighted by atomic mass is 35.5. The van der Waals surface area contributed by atoms with Crippen molar-refractivity contribution in [1.29, 1.82) is 0 Å². The van der Waals surface area contributed by atoms with Crippen molar-refractivity contribution in [2.24, 2.45) is 5.16 Å². The Kier molecular flexibility index (Phi) is 5.84. The zero-order valence-corrected chi connectivity index (χ0v) is 16.0. The van der Waals surface area contributed by atoms with Crippen LogP contribution in [0.15, 0.2) is 53.3 Å². The first kappa shape index (κ1) is 19.7. The van der Waals surface area contributed by atoms with Gasteiger partial charge in [-0.05, 0) is 35.9 Å². The van der Waals surface area contributed by atoms with Crippen LogP contribution in [0, 0.1) is 5.82 Å². The van der Waals surface area contributed by atoms with Gasteiger partial charge in [0.2, 0.25) is 0 Å². The normalized spacial score (nSPS) is 17.6. The number of benzene rings is 2. The molecule has 0 amide bonds. The van der Waals surface area contributed by atoms with E-state index in [1.165, 1.54) is 26.4 Å². The molecule has 0 spiro atoms. The van der Waals surface area contributed by atoms with Gasteiger partial charge in [-0.1, -0.05) is 28.9 Å². The number of carbonyl (C=O) groups is 1. The number of carbonyl (C=O) groups excluding carboxylic acids is 1. The first-order valence-electron chi connectivity index (χ1n) is 8.37. The predicted octanol–water partition coefficient (Wildman–Crippen LogP) is 4.08. The molecule has 1 aliphatic rings. The van der Waals surface area contributed by atoms with Crippen LogP contribution in [0.4, 0.5) is 4.39 Å². The predicted molar refractivity (Wildman–Crippen MR) is 103 cm³/mol. The second-order valence-corrected chi connectivity index (χ2v) is 6.56. The van der Waals surface area contributed by atoms with E-state index < -0.39 is 11.8 Å². The fourth-order valence-electron chi connectivity index (χ4n) is 3.07. The molecule has 0 saturated heterocycles. The lowest BCUT2D eigenvalue weighted by molar-refractivity contribution is -0.136. The Morgan fingerprint density at radius 2 is 2.00 bits per heavy atom. The molecule has 2 aromatic carbocycles. The SMILES string of the molecule is COC(=O)C1=CC(=NO)CC(c2ccc(-c3ccc(Cl)cc3F)c(OC)c2)N1. The maximum atomic E-state index is 14.3. The van der Waals surface area contributed by atoms with Gasteiger partial charge in [0.05, 0.1) is 26.0 Å². The first-order valence-corrected chi connectivity index (χ1v) is 8.75. The summed E-state index contributed by atoms with van der Waals surface area (Å²) in [5.41, 5.74) is 2.20. The van der Waals surface area contributed by atoms with Gasteiger partial charge in [0.1, 0.15) is 17.3 Å². The molecular weight excluding hydrogens is 387 g/mol. The van der Waals surface area contributed by atoms with E-state index in [0.29, 0.717) is 34.0 Å². The van der Waals surface area contributed by atoms with E-state index >= 15 is 0 Å². The summed E-state index contributed by atoms with van der Waals surface area (Å²) in [6, 6.07) is 9.34. The van der Waals surface area contributed by atoms with E-state index in [2.05, 4.69) is 10.5 Å². The number of nitrogens with one attached hydrogen (secondary N) is 1. The van der Waals surface area contributed by atoms with Crippen molar-refractivity contribution in [3.63, 3.8) is 0 Å². The van der Waals surface area contributed by atoms with E-state index in [0.717, 1.165) is 5.56 Å². The van der Waals surface area contributed by atoms with Crippen molar-refractivity contribution in [3.05, 3.63) is 64.6 Å². The van der Waals surface area contributed by atoms with E-state index in [-0.39, 0.29) is 11.7 Å². The highest BCUT2D eigenvalue weighted by molar-refractivity contribution is 6.30. The Labute approximate surface area is 166 Å². The molecule has 1 aliphatic heterocycles. The smallest absolute Gasteiger partial charge is 0.354 e. The molecule has 6 nitrogen and oxygen atoms in total. The number of methoxy groups -OCH3 is 2. The van der Waals surface area contributed by atoms with Crippen molar-refractivity contribution in [2.45, 2.75) is 12.5 Å². The van der Waals surface area contributed by atoms with Gasteiger partial charge in [0.15, 0.2) is 0 Å². The molecule has 0 aromatic heterocycles. The van der Waals surface area contributed by atoms with E-state index in [4.69, 9.17) is 26.3 Å². The average molecular weight is 405 g/mol. The molecule has 0 bridgehead atoms. The first-order chi connectivity index (χ1) is 13.5. The van der Waals surface area contributed by atoms with Gasteiger partial charge in [-0.25, -0.2) is 9.18 Å². The molecule has 0 fully saturated rings. The third kappa shape index (κ3) is 3.94. The summed E-state index contributed by atoms with van der Waals surface area (Å²) in [6.07, 6.45) is 1.77. The second kappa shape index (κ2) is 8.31. The van der Waals surface area contributed by atoms with Crippen LogP contribution in [0.2, 0.25) is 5.02 Å². The minimum absolute atomic E-state index is 0.179.